The Kier molecular flexibility index (Phi) is 4.58. The molecule has 3 rings (SSSR count). The highest BCUT2D eigenvalue weighted by molar-refractivity contribution is 5.93. The fourth-order valence-electron chi connectivity index (χ4n) is 2.90. The van der Waals surface area contributed by atoms with E-state index >= 15 is 0 Å². The van der Waals surface area contributed by atoms with Gasteiger partial charge in [-0.25, -0.2) is 0 Å². The molecule has 0 unspecified atom stereocenters. The average molecular weight is 302 g/mol. The molecule has 0 aliphatic carbocycles. The number of hydrogen-bond donors (Lipinski definition) is 2. The van der Waals surface area contributed by atoms with Gasteiger partial charge in [0.2, 0.25) is 0 Å². The van der Waals surface area contributed by atoms with E-state index in [0.29, 0.717) is 23.7 Å². The number of aromatic nitrogens is 2. The molecule has 0 aromatic carbocycles. The number of carbonyl (C=O) groups excluding carboxylic acids is 1. The number of piperidine rings is 1. The zero-order valence-corrected chi connectivity index (χ0v) is 12.8. The first kappa shape index (κ1) is 14.8. The van der Waals surface area contributed by atoms with Crippen LogP contribution in [0.4, 0.5) is 0 Å². The number of aromatic amines is 1. The predicted octanol–water partition coefficient (Wildman–Crippen LogP) is 2.13. The first-order chi connectivity index (χ1) is 10.7. The van der Waals surface area contributed by atoms with Crippen LogP contribution in [0.25, 0.3) is 11.5 Å². The smallest absolute Gasteiger partial charge is 0.271 e. The fourth-order valence-corrected chi connectivity index (χ4v) is 2.90. The third-order valence-corrected chi connectivity index (χ3v) is 4.05. The largest absolute Gasteiger partial charge is 0.463 e. The van der Waals surface area contributed by atoms with Crippen LogP contribution in [0.15, 0.2) is 28.9 Å². The second-order valence-corrected chi connectivity index (χ2v) is 5.95. The molecule has 0 saturated carbocycles. The fraction of sp³-hybridized carbons (Fsp3) is 0.500. The zero-order chi connectivity index (χ0) is 15.4. The van der Waals surface area contributed by atoms with Gasteiger partial charge in [0.25, 0.3) is 5.91 Å². The Hall–Kier alpha value is -2.08. The van der Waals surface area contributed by atoms with Crippen LogP contribution in [0.2, 0.25) is 0 Å². The summed E-state index contributed by atoms with van der Waals surface area (Å²) < 4.78 is 5.27. The van der Waals surface area contributed by atoms with Crippen LogP contribution in [0.3, 0.4) is 0 Å². The van der Waals surface area contributed by atoms with Crippen molar-refractivity contribution in [3.05, 3.63) is 30.2 Å². The van der Waals surface area contributed by atoms with E-state index < -0.39 is 0 Å². The molecule has 118 valence electrons. The first-order valence-electron chi connectivity index (χ1n) is 7.82. The number of nitrogens with zero attached hydrogens (tertiary/aromatic N) is 2. The Morgan fingerprint density at radius 3 is 3.27 bits per heavy atom. The van der Waals surface area contributed by atoms with Crippen molar-refractivity contribution >= 4 is 5.91 Å². The number of carbonyl (C=O) groups is 1. The van der Waals surface area contributed by atoms with Gasteiger partial charge in [-0.1, -0.05) is 6.92 Å². The molecule has 22 heavy (non-hydrogen) atoms. The van der Waals surface area contributed by atoms with Crippen LogP contribution >= 0.6 is 0 Å². The Labute approximate surface area is 129 Å². The Balaban J connectivity index is 1.48. The predicted molar refractivity (Wildman–Crippen MR) is 83.5 cm³/mol. The number of furan rings is 1. The van der Waals surface area contributed by atoms with Crippen LogP contribution in [0.5, 0.6) is 0 Å². The van der Waals surface area contributed by atoms with Crippen molar-refractivity contribution in [2.24, 2.45) is 5.92 Å². The van der Waals surface area contributed by atoms with Crippen LogP contribution in [-0.4, -0.2) is 47.2 Å². The van der Waals surface area contributed by atoms with Crippen molar-refractivity contribution in [3.63, 3.8) is 0 Å². The number of nitrogens with one attached hydrogen (secondary N) is 2. The lowest BCUT2D eigenvalue weighted by Crippen LogP contribution is -2.40. The minimum absolute atomic E-state index is 0.154. The molecule has 3 heterocycles. The van der Waals surface area contributed by atoms with Crippen molar-refractivity contribution in [2.75, 3.05) is 26.2 Å². The van der Waals surface area contributed by atoms with Crippen LogP contribution < -0.4 is 5.32 Å². The summed E-state index contributed by atoms with van der Waals surface area (Å²) in [6, 6.07) is 5.33. The maximum absolute atomic E-state index is 12.1. The van der Waals surface area contributed by atoms with E-state index in [-0.39, 0.29) is 5.91 Å². The molecule has 1 aliphatic heterocycles. The molecule has 1 amide bonds. The third-order valence-electron chi connectivity index (χ3n) is 4.05. The van der Waals surface area contributed by atoms with Gasteiger partial charge in [-0.15, -0.1) is 0 Å². The van der Waals surface area contributed by atoms with Crippen LogP contribution in [0, 0.1) is 5.92 Å². The summed E-state index contributed by atoms with van der Waals surface area (Å²) in [5.41, 5.74) is 1.10. The van der Waals surface area contributed by atoms with Gasteiger partial charge in [-0.3, -0.25) is 9.89 Å². The molecule has 1 fully saturated rings. The summed E-state index contributed by atoms with van der Waals surface area (Å²) in [5.74, 6) is 1.28. The summed E-state index contributed by atoms with van der Waals surface area (Å²) in [6.45, 7) is 6.08. The molecule has 6 heteroatoms. The van der Waals surface area contributed by atoms with E-state index in [2.05, 4.69) is 27.3 Å². The standard InChI is InChI=1S/C16H22N4O2/c1-12-4-2-7-20(11-12)8-6-17-16(21)14-10-13(18-19-14)15-5-3-9-22-15/h3,5,9-10,12H,2,4,6-8,11H2,1H3,(H,17,21)(H,18,19)/t12-/m0/s1. The number of amides is 1. The molecule has 1 aliphatic rings. The lowest BCUT2D eigenvalue weighted by Gasteiger charge is -2.30. The molecular weight excluding hydrogens is 280 g/mol. The van der Waals surface area contributed by atoms with Crippen molar-refractivity contribution in [2.45, 2.75) is 19.8 Å². The number of hydrogen-bond acceptors (Lipinski definition) is 4. The summed E-state index contributed by atoms with van der Waals surface area (Å²) in [5, 5.41) is 9.78. The molecule has 0 radical (unpaired) electrons. The highest BCUT2D eigenvalue weighted by Crippen LogP contribution is 2.17. The summed E-state index contributed by atoms with van der Waals surface area (Å²) in [6.07, 6.45) is 4.15. The van der Waals surface area contributed by atoms with Gasteiger partial charge in [0, 0.05) is 25.7 Å². The first-order valence-corrected chi connectivity index (χ1v) is 7.82. The molecule has 0 spiro atoms. The second-order valence-electron chi connectivity index (χ2n) is 5.95. The minimum Gasteiger partial charge on any atom is -0.463 e. The van der Waals surface area contributed by atoms with Crippen molar-refractivity contribution in [3.8, 4) is 11.5 Å². The van der Waals surface area contributed by atoms with Crippen molar-refractivity contribution in [1.29, 1.82) is 0 Å². The topological polar surface area (TPSA) is 74.2 Å². The SMILES string of the molecule is C[C@H]1CCCN(CCNC(=O)c2cc(-c3ccco3)[nH]n2)C1. The monoisotopic (exact) mass is 302 g/mol. The van der Waals surface area contributed by atoms with Gasteiger partial charge < -0.3 is 14.6 Å². The van der Waals surface area contributed by atoms with E-state index in [4.69, 9.17) is 4.42 Å². The van der Waals surface area contributed by atoms with E-state index in [1.807, 2.05) is 6.07 Å². The van der Waals surface area contributed by atoms with Crippen molar-refractivity contribution in [1.82, 2.24) is 20.4 Å². The van der Waals surface area contributed by atoms with Crippen LogP contribution in [0.1, 0.15) is 30.3 Å². The van der Waals surface area contributed by atoms with Gasteiger partial charge in [0.05, 0.1) is 6.26 Å². The quantitative estimate of drug-likeness (QED) is 0.887. The maximum atomic E-state index is 12.1. The Bertz CT molecular complexity index is 605. The minimum atomic E-state index is -0.154. The van der Waals surface area contributed by atoms with Gasteiger partial charge >= 0.3 is 0 Å². The Morgan fingerprint density at radius 2 is 2.50 bits per heavy atom. The average Bonchev–Trinajstić information content (AvgIpc) is 3.18. The number of likely N-dealkylation sites (tertiary alicyclic amines) is 1. The third kappa shape index (κ3) is 3.57. The molecule has 2 aromatic rings. The van der Waals surface area contributed by atoms with E-state index in [9.17, 15) is 4.79 Å². The molecule has 1 atom stereocenters. The lowest BCUT2D eigenvalue weighted by atomic mass is 10.0. The lowest BCUT2D eigenvalue weighted by molar-refractivity contribution is 0.0939. The zero-order valence-electron chi connectivity index (χ0n) is 12.8. The second kappa shape index (κ2) is 6.79. The van der Waals surface area contributed by atoms with Crippen molar-refractivity contribution < 1.29 is 9.21 Å². The molecular formula is C16H22N4O2. The molecule has 6 nitrogen and oxygen atoms in total. The van der Waals surface area contributed by atoms with Gasteiger partial charge in [0.1, 0.15) is 5.69 Å². The maximum Gasteiger partial charge on any atom is 0.271 e. The normalized spacial score (nSPS) is 19.2. The van der Waals surface area contributed by atoms with Crippen LogP contribution in [-0.2, 0) is 0 Å². The summed E-state index contributed by atoms with van der Waals surface area (Å²) in [7, 11) is 0. The molecule has 1 saturated heterocycles. The highest BCUT2D eigenvalue weighted by Gasteiger charge is 2.16. The molecule has 2 N–H and O–H groups in total. The van der Waals surface area contributed by atoms with E-state index in [1.165, 1.54) is 12.8 Å². The molecule has 2 aromatic heterocycles. The number of H-pyrrole nitrogens is 1. The van der Waals surface area contributed by atoms with Gasteiger partial charge in [0.15, 0.2) is 11.5 Å². The van der Waals surface area contributed by atoms with Gasteiger partial charge in [-0.2, -0.15) is 5.10 Å². The molecule has 0 bridgehead atoms. The van der Waals surface area contributed by atoms with E-state index in [1.54, 1.807) is 18.4 Å². The highest BCUT2D eigenvalue weighted by atomic mass is 16.3. The van der Waals surface area contributed by atoms with E-state index in [0.717, 1.165) is 25.6 Å². The number of rotatable bonds is 5. The summed E-state index contributed by atoms with van der Waals surface area (Å²) >= 11 is 0. The van der Waals surface area contributed by atoms with Gasteiger partial charge in [-0.05, 0) is 37.4 Å². The summed E-state index contributed by atoms with van der Waals surface area (Å²) in [4.78, 5) is 14.5. The Morgan fingerprint density at radius 1 is 1.59 bits per heavy atom.